The molecule has 0 spiro atoms. The van der Waals surface area contributed by atoms with Gasteiger partial charge < -0.3 is 10.2 Å². The van der Waals surface area contributed by atoms with E-state index in [1.54, 1.807) is 35.1 Å². The third-order valence-electron chi connectivity index (χ3n) is 4.35. The van der Waals surface area contributed by atoms with Gasteiger partial charge >= 0.3 is 0 Å². The van der Waals surface area contributed by atoms with Gasteiger partial charge in [0, 0.05) is 32.3 Å². The molecule has 0 saturated carbocycles. The zero-order valence-corrected chi connectivity index (χ0v) is 15.5. The molecule has 0 unspecified atom stereocenters. The molecule has 2 aromatic carbocycles. The van der Waals surface area contributed by atoms with Gasteiger partial charge in [-0.3, -0.25) is 4.79 Å². The number of benzene rings is 2. The zero-order valence-electron chi connectivity index (χ0n) is 15.5. The lowest BCUT2D eigenvalue weighted by atomic mass is 10.1. The summed E-state index contributed by atoms with van der Waals surface area (Å²) >= 11 is 0. The Labute approximate surface area is 158 Å². The molecule has 0 atom stereocenters. The molecule has 3 rings (SSSR count). The summed E-state index contributed by atoms with van der Waals surface area (Å²) in [5.41, 5.74) is 2.76. The highest BCUT2D eigenvalue weighted by atomic mass is 19.1. The monoisotopic (exact) mass is 366 g/mol. The number of carbonyl (C=O) groups excluding carboxylic acids is 1. The maximum Gasteiger partial charge on any atom is 0.225 e. The van der Waals surface area contributed by atoms with E-state index >= 15 is 0 Å². The van der Waals surface area contributed by atoms with Gasteiger partial charge in [-0.25, -0.2) is 9.07 Å². The second kappa shape index (κ2) is 8.49. The molecule has 0 bridgehead atoms. The Morgan fingerprint density at radius 3 is 2.56 bits per heavy atom. The van der Waals surface area contributed by atoms with E-state index in [1.165, 1.54) is 6.07 Å². The van der Waals surface area contributed by atoms with Crippen LogP contribution >= 0.6 is 0 Å². The second-order valence-corrected chi connectivity index (χ2v) is 6.57. The molecule has 5 nitrogen and oxygen atoms in total. The van der Waals surface area contributed by atoms with Crippen LogP contribution < -0.4 is 10.2 Å². The Hall–Kier alpha value is -3.15. The number of aryl methyl sites for hydroxylation is 1. The number of nitrogens with zero attached hydrogens (tertiary/aromatic N) is 3. The summed E-state index contributed by atoms with van der Waals surface area (Å²) in [6.45, 7) is 0.559. The minimum atomic E-state index is -0.281. The normalized spacial score (nSPS) is 10.6. The van der Waals surface area contributed by atoms with Gasteiger partial charge in [-0.05, 0) is 35.7 Å². The predicted molar refractivity (Wildman–Crippen MR) is 105 cm³/mol. The van der Waals surface area contributed by atoms with Crippen molar-refractivity contribution in [1.82, 2.24) is 9.78 Å². The number of hydrogen-bond donors (Lipinski definition) is 1. The fraction of sp³-hybridized carbons (Fsp3) is 0.238. The van der Waals surface area contributed by atoms with E-state index in [0.29, 0.717) is 24.3 Å². The van der Waals surface area contributed by atoms with Crippen LogP contribution in [-0.2, 0) is 17.8 Å². The molecule has 0 radical (unpaired) electrons. The van der Waals surface area contributed by atoms with E-state index in [4.69, 9.17) is 0 Å². The molecule has 0 fully saturated rings. The average molecular weight is 366 g/mol. The number of aromatic nitrogens is 2. The van der Waals surface area contributed by atoms with Gasteiger partial charge in [-0.1, -0.05) is 30.3 Å². The Morgan fingerprint density at radius 1 is 1.11 bits per heavy atom. The van der Waals surface area contributed by atoms with Crippen LogP contribution in [0.1, 0.15) is 17.5 Å². The molecule has 3 aromatic rings. The largest absolute Gasteiger partial charge is 0.378 e. The molecule has 0 saturated heterocycles. The molecule has 27 heavy (non-hydrogen) atoms. The highest BCUT2D eigenvalue weighted by molar-refractivity contribution is 5.89. The number of halogens is 1. The molecule has 0 aliphatic heterocycles. The maximum absolute atomic E-state index is 13.7. The van der Waals surface area contributed by atoms with E-state index in [2.05, 4.69) is 10.4 Å². The minimum Gasteiger partial charge on any atom is -0.378 e. The number of carbonyl (C=O) groups is 1. The fourth-order valence-electron chi connectivity index (χ4n) is 2.79. The first-order chi connectivity index (χ1) is 13.0. The van der Waals surface area contributed by atoms with Crippen molar-refractivity contribution in [2.45, 2.75) is 19.4 Å². The molecule has 1 N–H and O–H groups in total. The molecule has 0 aliphatic carbocycles. The van der Waals surface area contributed by atoms with Crippen molar-refractivity contribution in [3.63, 3.8) is 0 Å². The number of nitrogens with one attached hydrogen (secondary N) is 1. The summed E-state index contributed by atoms with van der Waals surface area (Å²) in [7, 11) is 3.99. The minimum absolute atomic E-state index is 0.164. The van der Waals surface area contributed by atoms with E-state index in [1.807, 2.05) is 43.3 Å². The molecule has 0 aliphatic rings. The summed E-state index contributed by atoms with van der Waals surface area (Å²) in [6.07, 6.45) is 2.23. The molecular weight excluding hydrogens is 343 g/mol. The van der Waals surface area contributed by atoms with Crippen molar-refractivity contribution in [3.05, 3.63) is 77.7 Å². The molecule has 140 valence electrons. The van der Waals surface area contributed by atoms with Crippen molar-refractivity contribution in [2.75, 3.05) is 24.3 Å². The van der Waals surface area contributed by atoms with Gasteiger partial charge in [0.05, 0.1) is 12.7 Å². The van der Waals surface area contributed by atoms with Crippen molar-refractivity contribution in [3.8, 4) is 0 Å². The van der Waals surface area contributed by atoms with Gasteiger partial charge in [0.25, 0.3) is 0 Å². The summed E-state index contributed by atoms with van der Waals surface area (Å²) in [5.74, 6) is 0.185. The Morgan fingerprint density at radius 2 is 1.85 bits per heavy atom. The van der Waals surface area contributed by atoms with Gasteiger partial charge in [0.15, 0.2) is 0 Å². The van der Waals surface area contributed by atoms with Crippen LogP contribution in [0.3, 0.4) is 0 Å². The van der Waals surface area contributed by atoms with Crippen molar-refractivity contribution >= 4 is 17.4 Å². The molecule has 1 amide bonds. The second-order valence-electron chi connectivity index (χ2n) is 6.57. The van der Waals surface area contributed by atoms with E-state index in [0.717, 1.165) is 11.3 Å². The SMILES string of the molecule is CN(C)c1ccc(Cn2nccc2NC(=O)CCc2ccccc2F)cc1. The van der Waals surface area contributed by atoms with Crippen LogP contribution in [-0.4, -0.2) is 29.8 Å². The zero-order chi connectivity index (χ0) is 19.2. The Balaban J connectivity index is 1.59. The van der Waals surface area contributed by atoms with Crippen molar-refractivity contribution in [2.24, 2.45) is 0 Å². The van der Waals surface area contributed by atoms with Crippen LogP contribution in [0.15, 0.2) is 60.8 Å². The van der Waals surface area contributed by atoms with Crippen LogP contribution in [0, 0.1) is 5.82 Å². The Kier molecular flexibility index (Phi) is 5.86. The van der Waals surface area contributed by atoms with Crippen LogP contribution in [0.25, 0.3) is 0 Å². The predicted octanol–water partition coefficient (Wildman–Crippen LogP) is 3.71. The topological polar surface area (TPSA) is 50.2 Å². The number of rotatable bonds is 7. The van der Waals surface area contributed by atoms with Crippen LogP contribution in [0.2, 0.25) is 0 Å². The summed E-state index contributed by atoms with van der Waals surface area (Å²) in [6, 6.07) is 16.5. The highest BCUT2D eigenvalue weighted by Crippen LogP contribution is 2.16. The first-order valence-corrected chi connectivity index (χ1v) is 8.84. The lowest BCUT2D eigenvalue weighted by molar-refractivity contribution is -0.116. The molecule has 1 heterocycles. The highest BCUT2D eigenvalue weighted by Gasteiger charge is 2.10. The average Bonchev–Trinajstić information content (AvgIpc) is 3.08. The first-order valence-electron chi connectivity index (χ1n) is 8.84. The lowest BCUT2D eigenvalue weighted by Gasteiger charge is -2.13. The smallest absolute Gasteiger partial charge is 0.225 e. The number of anilines is 2. The van der Waals surface area contributed by atoms with E-state index in [9.17, 15) is 9.18 Å². The van der Waals surface area contributed by atoms with Crippen molar-refractivity contribution < 1.29 is 9.18 Å². The van der Waals surface area contributed by atoms with Gasteiger partial charge in [0.2, 0.25) is 5.91 Å². The number of hydrogen-bond acceptors (Lipinski definition) is 3. The Bertz CT molecular complexity index is 903. The first kappa shape index (κ1) is 18.6. The third-order valence-corrected chi connectivity index (χ3v) is 4.35. The van der Waals surface area contributed by atoms with Crippen LogP contribution in [0.4, 0.5) is 15.9 Å². The third kappa shape index (κ3) is 4.94. The maximum atomic E-state index is 13.7. The standard InChI is InChI=1S/C21H23FN4O/c1-25(2)18-10-7-16(8-11-18)15-26-20(13-14-23-26)24-21(27)12-9-17-5-3-4-6-19(17)22/h3-8,10-11,13-14H,9,12,15H2,1-2H3,(H,24,27). The van der Waals surface area contributed by atoms with Crippen molar-refractivity contribution in [1.29, 1.82) is 0 Å². The van der Waals surface area contributed by atoms with Crippen LogP contribution in [0.5, 0.6) is 0 Å². The van der Waals surface area contributed by atoms with Gasteiger partial charge in [-0.15, -0.1) is 0 Å². The molecule has 1 aromatic heterocycles. The fourth-order valence-corrected chi connectivity index (χ4v) is 2.79. The number of amides is 1. The summed E-state index contributed by atoms with van der Waals surface area (Å²) in [4.78, 5) is 14.3. The molecular formula is C21H23FN4O. The van der Waals surface area contributed by atoms with E-state index in [-0.39, 0.29) is 18.1 Å². The summed E-state index contributed by atoms with van der Waals surface area (Å²) in [5, 5.41) is 7.15. The molecule has 6 heteroatoms. The lowest BCUT2D eigenvalue weighted by Crippen LogP contribution is -2.16. The van der Waals surface area contributed by atoms with E-state index < -0.39 is 0 Å². The quantitative estimate of drug-likeness (QED) is 0.694. The van der Waals surface area contributed by atoms with Gasteiger partial charge in [-0.2, -0.15) is 5.10 Å². The van der Waals surface area contributed by atoms with Gasteiger partial charge in [0.1, 0.15) is 11.6 Å². The summed E-state index contributed by atoms with van der Waals surface area (Å²) < 4.78 is 15.4.